The first-order valence-corrected chi connectivity index (χ1v) is 11.9. The van der Waals surface area contributed by atoms with Crippen molar-refractivity contribution in [1.82, 2.24) is 4.90 Å². The molecule has 7 heteroatoms. The van der Waals surface area contributed by atoms with Crippen LogP contribution in [0.4, 0.5) is 0 Å². The van der Waals surface area contributed by atoms with Crippen LogP contribution < -0.4 is 4.46 Å². The van der Waals surface area contributed by atoms with Gasteiger partial charge in [0.05, 0.1) is 0 Å². The van der Waals surface area contributed by atoms with E-state index in [9.17, 15) is 9.59 Å². The van der Waals surface area contributed by atoms with Crippen LogP contribution >= 0.6 is 23.4 Å². The van der Waals surface area contributed by atoms with Crippen LogP contribution in [0.15, 0.2) is 60.7 Å². The Bertz CT molecular complexity index is 895. The van der Waals surface area contributed by atoms with Gasteiger partial charge in [0.25, 0.3) is 0 Å². The monoisotopic (exact) mass is 481 g/mol. The van der Waals surface area contributed by atoms with Gasteiger partial charge >= 0.3 is 181 Å². The van der Waals surface area contributed by atoms with Crippen molar-refractivity contribution in [1.29, 1.82) is 0 Å². The van der Waals surface area contributed by atoms with Gasteiger partial charge in [0.2, 0.25) is 0 Å². The summed E-state index contributed by atoms with van der Waals surface area (Å²) in [5.41, 5.74) is 0.921. The van der Waals surface area contributed by atoms with Gasteiger partial charge in [0.15, 0.2) is 0 Å². The Labute approximate surface area is 180 Å². The van der Waals surface area contributed by atoms with Gasteiger partial charge in [-0.05, 0) is 0 Å². The fourth-order valence-corrected chi connectivity index (χ4v) is 8.57. The zero-order valence-corrected chi connectivity index (χ0v) is 18.8. The van der Waals surface area contributed by atoms with Crippen LogP contribution in [0.1, 0.15) is 19.4 Å². The van der Waals surface area contributed by atoms with Crippen LogP contribution in [-0.4, -0.2) is 51.7 Å². The second-order valence-corrected chi connectivity index (χ2v) is 12.9. The summed E-state index contributed by atoms with van der Waals surface area (Å²) in [4.78, 5) is 27.5. The van der Waals surface area contributed by atoms with Crippen molar-refractivity contribution in [2.24, 2.45) is 0 Å². The molecular formula is C21H20ClNO3SSe. The second-order valence-electron chi connectivity index (χ2n) is 7.34. The number of amides is 1. The SMILES string of the molecule is CC1(C)S[C@H]2N(C(=O)[C@@]2(Cl)[Se]c2ccccc2)[C@H]1C(=O)OCc1ccccc1. The van der Waals surface area contributed by atoms with E-state index >= 15 is 0 Å². The van der Waals surface area contributed by atoms with Gasteiger partial charge in [0, 0.05) is 0 Å². The Morgan fingerprint density at radius 2 is 1.75 bits per heavy atom. The van der Waals surface area contributed by atoms with E-state index in [1.807, 2.05) is 74.5 Å². The summed E-state index contributed by atoms with van der Waals surface area (Å²) < 4.78 is 5.21. The third kappa shape index (κ3) is 3.37. The first-order chi connectivity index (χ1) is 13.3. The molecule has 2 aliphatic heterocycles. The van der Waals surface area contributed by atoms with E-state index in [-0.39, 0.29) is 38.8 Å². The van der Waals surface area contributed by atoms with Crippen molar-refractivity contribution in [3.05, 3.63) is 66.2 Å². The molecule has 2 fully saturated rings. The fourth-order valence-electron chi connectivity index (χ4n) is 3.53. The number of hydrogen-bond donors (Lipinski definition) is 0. The van der Waals surface area contributed by atoms with Crippen LogP contribution in [0.3, 0.4) is 0 Å². The van der Waals surface area contributed by atoms with Crippen molar-refractivity contribution in [2.45, 2.75) is 40.4 Å². The fraction of sp³-hybridized carbons (Fsp3) is 0.333. The molecule has 0 aliphatic carbocycles. The number of fused-ring (bicyclic) bond motifs is 1. The Balaban J connectivity index is 1.50. The molecular weight excluding hydrogens is 461 g/mol. The number of ether oxygens (including phenoxy) is 1. The number of carbonyl (C=O) groups is 2. The standard InChI is InChI=1S/C21H20ClNO3SSe/c1-20(2)16(17(24)26-13-14-9-5-3-6-10-14)23-18(25)21(22,19(23)27-20)28-15-11-7-4-8-12-15/h3-12,16,19H,13H2,1-2H3/t16-,19+,21+/m0/s1. The summed E-state index contributed by atoms with van der Waals surface area (Å²) in [5, 5.41) is -0.217. The molecule has 2 aromatic rings. The van der Waals surface area contributed by atoms with Crippen LogP contribution in [-0.2, 0) is 20.9 Å². The molecule has 2 heterocycles. The Hall–Kier alpha value is -1.46. The first kappa shape index (κ1) is 19.8. The Morgan fingerprint density at radius 3 is 2.39 bits per heavy atom. The van der Waals surface area contributed by atoms with Gasteiger partial charge in [0.1, 0.15) is 0 Å². The quantitative estimate of drug-likeness (QED) is 0.286. The molecule has 0 unspecified atom stereocenters. The van der Waals surface area contributed by atoms with Crippen molar-refractivity contribution >= 4 is 54.7 Å². The Kier molecular flexibility index (Phi) is 5.25. The normalized spacial score (nSPS) is 27.8. The van der Waals surface area contributed by atoms with Crippen LogP contribution in [0.5, 0.6) is 0 Å². The number of halogens is 1. The number of esters is 1. The van der Waals surface area contributed by atoms with E-state index in [4.69, 9.17) is 16.3 Å². The average molecular weight is 481 g/mol. The molecule has 2 saturated heterocycles. The zero-order chi connectivity index (χ0) is 19.9. The minimum absolute atomic E-state index is 0.164. The molecule has 0 spiro atoms. The third-order valence-corrected chi connectivity index (χ3v) is 10.3. The molecule has 0 bridgehead atoms. The number of thioether (sulfide) groups is 1. The Morgan fingerprint density at radius 1 is 1.14 bits per heavy atom. The summed E-state index contributed by atoms with van der Waals surface area (Å²) in [7, 11) is 0. The summed E-state index contributed by atoms with van der Waals surface area (Å²) in [6, 6.07) is 18.8. The van der Waals surface area contributed by atoms with E-state index in [1.54, 1.807) is 16.7 Å². The molecule has 0 N–H and O–H groups in total. The molecule has 2 aliphatic rings. The maximum absolute atomic E-state index is 13.0. The van der Waals surface area contributed by atoms with Gasteiger partial charge < -0.3 is 0 Å². The zero-order valence-electron chi connectivity index (χ0n) is 15.5. The number of carbonyl (C=O) groups excluding carboxylic acids is 2. The second kappa shape index (κ2) is 7.42. The number of hydrogen-bond acceptors (Lipinski definition) is 4. The number of β-lactam (4-membered cyclic amide) rings is 1. The minimum atomic E-state index is -0.954. The molecule has 28 heavy (non-hydrogen) atoms. The predicted molar refractivity (Wildman–Crippen MR) is 113 cm³/mol. The predicted octanol–water partition coefficient (Wildman–Crippen LogP) is 2.76. The maximum atomic E-state index is 13.0. The van der Waals surface area contributed by atoms with Crippen molar-refractivity contribution in [3.63, 3.8) is 0 Å². The molecule has 1 amide bonds. The van der Waals surface area contributed by atoms with Gasteiger partial charge in [-0.3, -0.25) is 0 Å². The molecule has 146 valence electrons. The molecule has 2 aromatic carbocycles. The molecule has 0 saturated carbocycles. The van der Waals surface area contributed by atoms with Crippen LogP contribution in [0, 0.1) is 0 Å². The van der Waals surface area contributed by atoms with Crippen molar-refractivity contribution in [3.8, 4) is 0 Å². The van der Waals surface area contributed by atoms with Crippen molar-refractivity contribution in [2.75, 3.05) is 0 Å². The topological polar surface area (TPSA) is 46.6 Å². The summed E-state index contributed by atoms with van der Waals surface area (Å²) in [6.07, 6.45) is 0. The van der Waals surface area contributed by atoms with E-state index in [1.165, 1.54) is 0 Å². The summed E-state index contributed by atoms with van der Waals surface area (Å²) >= 11 is 8.20. The van der Waals surface area contributed by atoms with Gasteiger partial charge in [-0.2, -0.15) is 0 Å². The number of benzene rings is 2. The third-order valence-electron chi connectivity index (χ3n) is 4.91. The van der Waals surface area contributed by atoms with Gasteiger partial charge in [-0.1, -0.05) is 0 Å². The van der Waals surface area contributed by atoms with Crippen LogP contribution in [0.25, 0.3) is 0 Å². The summed E-state index contributed by atoms with van der Waals surface area (Å²) in [5.74, 6) is -0.536. The number of alkyl halides is 1. The summed E-state index contributed by atoms with van der Waals surface area (Å²) in [6.45, 7) is 4.15. The van der Waals surface area contributed by atoms with Crippen LogP contribution in [0.2, 0.25) is 0 Å². The first-order valence-electron chi connectivity index (χ1n) is 8.97. The van der Waals surface area contributed by atoms with E-state index in [2.05, 4.69) is 0 Å². The molecule has 4 rings (SSSR count). The molecule has 0 aromatic heterocycles. The number of nitrogens with zero attached hydrogens (tertiary/aromatic N) is 1. The molecule has 0 radical (unpaired) electrons. The van der Waals surface area contributed by atoms with Crippen molar-refractivity contribution < 1.29 is 14.3 Å². The molecule has 3 atom stereocenters. The van der Waals surface area contributed by atoms with Gasteiger partial charge in [-0.25, -0.2) is 0 Å². The molecule has 4 nitrogen and oxygen atoms in total. The van der Waals surface area contributed by atoms with E-state index < -0.39 is 14.6 Å². The average Bonchev–Trinajstić information content (AvgIpc) is 2.97. The van der Waals surface area contributed by atoms with E-state index in [0.29, 0.717) is 0 Å². The number of rotatable bonds is 5. The van der Waals surface area contributed by atoms with E-state index in [0.717, 1.165) is 10.0 Å². The van der Waals surface area contributed by atoms with Gasteiger partial charge in [-0.15, -0.1) is 0 Å².